The van der Waals surface area contributed by atoms with Crippen LogP contribution >= 0.6 is 0 Å². The van der Waals surface area contributed by atoms with Crippen molar-refractivity contribution in [3.05, 3.63) is 35.9 Å². The maximum Gasteiger partial charge on any atom is 0.338 e. The summed E-state index contributed by atoms with van der Waals surface area (Å²) < 4.78 is 16.5. The van der Waals surface area contributed by atoms with E-state index in [1.54, 1.807) is 19.2 Å². The third kappa shape index (κ3) is 5.42. The summed E-state index contributed by atoms with van der Waals surface area (Å²) in [6, 6.07) is 9.17. The third-order valence-electron chi connectivity index (χ3n) is 7.45. The molecule has 2 fully saturated rings. The highest BCUT2D eigenvalue weighted by molar-refractivity contribution is 5.97. The van der Waals surface area contributed by atoms with E-state index in [4.69, 9.17) is 14.2 Å². The van der Waals surface area contributed by atoms with Gasteiger partial charge in [-0.25, -0.2) is 4.79 Å². The summed E-state index contributed by atoms with van der Waals surface area (Å²) in [6.45, 7) is 8.07. The van der Waals surface area contributed by atoms with E-state index in [1.165, 1.54) is 0 Å². The fourth-order valence-corrected chi connectivity index (χ4v) is 5.65. The van der Waals surface area contributed by atoms with Crippen LogP contribution in [0.5, 0.6) is 0 Å². The highest BCUT2D eigenvalue weighted by Crippen LogP contribution is 2.58. The molecule has 2 saturated carbocycles. The Bertz CT molecular complexity index is 865. The van der Waals surface area contributed by atoms with E-state index >= 15 is 0 Å². The maximum atomic E-state index is 13.0. The minimum Gasteiger partial charge on any atom is -0.458 e. The quantitative estimate of drug-likeness (QED) is 0.257. The van der Waals surface area contributed by atoms with Gasteiger partial charge in [0.15, 0.2) is 0 Å². The van der Waals surface area contributed by atoms with E-state index in [0.29, 0.717) is 5.56 Å². The van der Waals surface area contributed by atoms with E-state index in [-0.39, 0.29) is 47.8 Å². The predicted octanol–water partition coefficient (Wildman–Crippen LogP) is 5.04. The molecule has 2 aliphatic rings. The Labute approximate surface area is 192 Å². The molecule has 1 aromatic rings. The second-order valence-electron chi connectivity index (χ2n) is 9.96. The highest BCUT2D eigenvalue weighted by atomic mass is 16.7. The normalized spacial score (nSPS) is 28.2. The number of carbonyl (C=O) groups excluding carboxylic acids is 2. The van der Waals surface area contributed by atoms with Crippen LogP contribution in [0.25, 0.3) is 0 Å². The topological polar surface area (TPSA) is 61.8 Å². The molecule has 5 heteroatoms. The number of rotatable bonds is 7. The van der Waals surface area contributed by atoms with Crippen LogP contribution in [0, 0.1) is 35.0 Å². The molecule has 32 heavy (non-hydrogen) atoms. The lowest BCUT2D eigenvalue weighted by Crippen LogP contribution is -2.44. The third-order valence-corrected chi connectivity index (χ3v) is 7.45. The van der Waals surface area contributed by atoms with Crippen molar-refractivity contribution in [2.24, 2.45) is 23.2 Å². The van der Waals surface area contributed by atoms with Gasteiger partial charge in [-0.05, 0) is 75.3 Å². The number of ketones is 1. The van der Waals surface area contributed by atoms with E-state index in [1.807, 2.05) is 39.0 Å². The fraction of sp³-hybridized carbons (Fsp3) is 0.630. The average Bonchev–Trinajstić information content (AvgIpc) is 3.14. The first kappa shape index (κ1) is 24.5. The van der Waals surface area contributed by atoms with Crippen LogP contribution in [0.1, 0.15) is 70.2 Å². The SMILES string of the molecule is COCOC(C)(C)C#CC(=O)[C@@H](C)[C@@H]1CC[C@H]2[C@@H](OC(=O)c3ccccc3)CCC[C@@]21C. The summed E-state index contributed by atoms with van der Waals surface area (Å²) in [6.07, 6.45) is 4.77. The first-order valence-corrected chi connectivity index (χ1v) is 11.6. The number of carbonyl (C=O) groups is 2. The van der Waals surface area contributed by atoms with Crippen molar-refractivity contribution >= 4 is 11.8 Å². The van der Waals surface area contributed by atoms with Crippen LogP contribution in [-0.2, 0) is 19.0 Å². The molecule has 0 amide bonds. The Morgan fingerprint density at radius 2 is 1.91 bits per heavy atom. The fourth-order valence-electron chi connectivity index (χ4n) is 5.65. The molecule has 0 radical (unpaired) electrons. The summed E-state index contributed by atoms with van der Waals surface area (Å²) in [7, 11) is 1.56. The average molecular weight is 441 g/mol. The molecule has 0 saturated heterocycles. The van der Waals surface area contributed by atoms with Crippen LogP contribution in [0.4, 0.5) is 0 Å². The Morgan fingerprint density at radius 3 is 2.59 bits per heavy atom. The van der Waals surface area contributed by atoms with Crippen LogP contribution in [0.3, 0.4) is 0 Å². The molecule has 0 unspecified atom stereocenters. The molecule has 0 spiro atoms. The number of fused-ring (bicyclic) bond motifs is 1. The summed E-state index contributed by atoms with van der Waals surface area (Å²) in [5, 5.41) is 0. The number of ether oxygens (including phenoxy) is 3. The molecule has 0 heterocycles. The molecular weight excluding hydrogens is 404 g/mol. The summed E-state index contributed by atoms with van der Waals surface area (Å²) >= 11 is 0. The van der Waals surface area contributed by atoms with Crippen molar-refractivity contribution in [3.63, 3.8) is 0 Å². The van der Waals surface area contributed by atoms with E-state index in [9.17, 15) is 9.59 Å². The Morgan fingerprint density at radius 1 is 1.19 bits per heavy atom. The van der Waals surface area contributed by atoms with E-state index in [0.717, 1.165) is 32.1 Å². The van der Waals surface area contributed by atoms with Gasteiger partial charge in [0, 0.05) is 18.9 Å². The van der Waals surface area contributed by atoms with Crippen LogP contribution in [0.15, 0.2) is 30.3 Å². The van der Waals surface area contributed by atoms with Crippen LogP contribution in [-0.4, -0.2) is 37.4 Å². The molecule has 1 aromatic carbocycles. The van der Waals surface area contributed by atoms with Gasteiger partial charge in [-0.3, -0.25) is 4.79 Å². The van der Waals surface area contributed by atoms with Crippen molar-refractivity contribution in [1.29, 1.82) is 0 Å². The van der Waals surface area contributed by atoms with E-state index < -0.39 is 5.60 Å². The minimum absolute atomic E-state index is 0.0291. The Kier molecular flexibility index (Phi) is 7.79. The second-order valence-corrected chi connectivity index (χ2v) is 9.96. The zero-order valence-corrected chi connectivity index (χ0v) is 20.0. The van der Waals surface area contributed by atoms with Gasteiger partial charge in [-0.1, -0.05) is 38.0 Å². The number of methoxy groups -OCH3 is 1. The van der Waals surface area contributed by atoms with Crippen molar-refractivity contribution in [2.45, 2.75) is 71.5 Å². The molecule has 174 valence electrons. The first-order chi connectivity index (χ1) is 15.2. The smallest absolute Gasteiger partial charge is 0.338 e. The first-order valence-electron chi connectivity index (χ1n) is 11.6. The lowest BCUT2D eigenvalue weighted by molar-refractivity contribution is -0.121. The second kappa shape index (κ2) is 10.2. The molecule has 0 N–H and O–H groups in total. The lowest BCUT2D eigenvalue weighted by Gasteiger charge is -2.45. The van der Waals surface area contributed by atoms with Crippen LogP contribution in [0.2, 0.25) is 0 Å². The number of Topliss-reactive ketones (excluding diaryl/α,β-unsaturated/α-hetero) is 1. The number of hydrogen-bond donors (Lipinski definition) is 0. The van der Waals surface area contributed by atoms with Crippen molar-refractivity contribution in [1.82, 2.24) is 0 Å². The molecule has 0 aromatic heterocycles. The number of hydrogen-bond acceptors (Lipinski definition) is 5. The van der Waals surface area contributed by atoms with Crippen molar-refractivity contribution < 1.29 is 23.8 Å². The van der Waals surface area contributed by atoms with Gasteiger partial charge in [0.2, 0.25) is 5.78 Å². The zero-order valence-electron chi connectivity index (χ0n) is 20.0. The molecular formula is C27H36O5. The van der Waals surface area contributed by atoms with Gasteiger partial charge in [0.1, 0.15) is 18.5 Å². The maximum absolute atomic E-state index is 13.0. The molecule has 0 bridgehead atoms. The highest BCUT2D eigenvalue weighted by Gasteiger charge is 2.54. The summed E-state index contributed by atoms with van der Waals surface area (Å²) in [4.78, 5) is 25.6. The monoisotopic (exact) mass is 440 g/mol. The van der Waals surface area contributed by atoms with Gasteiger partial charge in [0.05, 0.1) is 5.56 Å². The molecule has 0 aliphatic heterocycles. The standard InChI is InChI=1S/C27H36O5/c1-19(23(28)15-17-26(2,3)31-18-30-5)21-13-14-22-24(12-9-16-27(21,22)4)32-25(29)20-10-7-6-8-11-20/h6-8,10-11,19,21-22,24H,9,12-14,16,18H2,1-5H3/t19-,21-,22-,24-,27+/m0/s1. The number of benzene rings is 1. The largest absolute Gasteiger partial charge is 0.458 e. The molecule has 5 atom stereocenters. The van der Waals surface area contributed by atoms with Gasteiger partial charge < -0.3 is 14.2 Å². The molecule has 5 nitrogen and oxygen atoms in total. The minimum atomic E-state index is -0.741. The van der Waals surface area contributed by atoms with Gasteiger partial charge >= 0.3 is 5.97 Å². The van der Waals surface area contributed by atoms with Gasteiger partial charge in [0.25, 0.3) is 0 Å². The van der Waals surface area contributed by atoms with Crippen molar-refractivity contribution in [2.75, 3.05) is 13.9 Å². The molecule has 3 rings (SSSR count). The Hall–Kier alpha value is -2.16. The predicted molar refractivity (Wildman–Crippen MR) is 123 cm³/mol. The summed E-state index contributed by atoms with van der Waals surface area (Å²) in [5.74, 6) is 5.84. The number of esters is 1. The summed E-state index contributed by atoms with van der Waals surface area (Å²) in [5.41, 5.74) is -0.181. The zero-order chi connectivity index (χ0) is 23.4. The lowest BCUT2D eigenvalue weighted by atomic mass is 9.61. The molecule has 2 aliphatic carbocycles. The van der Waals surface area contributed by atoms with Crippen LogP contribution < -0.4 is 0 Å². The van der Waals surface area contributed by atoms with Gasteiger partial charge in [-0.15, -0.1) is 0 Å². The van der Waals surface area contributed by atoms with Gasteiger partial charge in [-0.2, -0.15) is 0 Å². The Balaban J connectivity index is 1.69. The van der Waals surface area contributed by atoms with Crippen molar-refractivity contribution in [3.8, 4) is 11.8 Å². The van der Waals surface area contributed by atoms with E-state index in [2.05, 4.69) is 18.8 Å².